The zero-order valence-electron chi connectivity index (χ0n) is 12.4. The number of hydrogen-bond donors (Lipinski definition) is 0. The van der Waals surface area contributed by atoms with Gasteiger partial charge in [-0.15, -0.1) is 15.0 Å². The SMILES string of the molecule is COc1ccc(CSc2nnn(-c3ccc(C)cc3)n2)cc1. The van der Waals surface area contributed by atoms with E-state index in [1.165, 1.54) is 11.1 Å². The van der Waals surface area contributed by atoms with Crippen LogP contribution in [0.25, 0.3) is 5.69 Å². The molecule has 0 aliphatic rings. The Morgan fingerprint density at radius 1 is 1.05 bits per heavy atom. The molecule has 0 saturated carbocycles. The Bertz CT molecular complexity index is 738. The predicted molar refractivity (Wildman–Crippen MR) is 86.4 cm³/mol. The molecule has 0 aliphatic carbocycles. The van der Waals surface area contributed by atoms with Crippen LogP contribution >= 0.6 is 11.8 Å². The maximum absolute atomic E-state index is 5.15. The van der Waals surface area contributed by atoms with Crippen molar-refractivity contribution in [3.8, 4) is 11.4 Å². The minimum Gasteiger partial charge on any atom is -0.497 e. The lowest BCUT2D eigenvalue weighted by Gasteiger charge is -2.01. The number of aromatic nitrogens is 4. The van der Waals surface area contributed by atoms with Crippen LogP contribution in [0.15, 0.2) is 53.7 Å². The van der Waals surface area contributed by atoms with Gasteiger partial charge in [-0.1, -0.05) is 41.6 Å². The van der Waals surface area contributed by atoms with Gasteiger partial charge in [-0.25, -0.2) is 0 Å². The fourth-order valence-corrected chi connectivity index (χ4v) is 2.63. The summed E-state index contributed by atoms with van der Waals surface area (Å²) in [6.45, 7) is 2.05. The summed E-state index contributed by atoms with van der Waals surface area (Å²) >= 11 is 1.56. The van der Waals surface area contributed by atoms with Gasteiger partial charge in [0.2, 0.25) is 5.16 Å². The molecule has 0 N–H and O–H groups in total. The van der Waals surface area contributed by atoms with Gasteiger partial charge in [-0.2, -0.15) is 0 Å². The van der Waals surface area contributed by atoms with Crippen molar-refractivity contribution in [2.24, 2.45) is 0 Å². The van der Waals surface area contributed by atoms with Gasteiger partial charge in [0.05, 0.1) is 12.8 Å². The zero-order valence-corrected chi connectivity index (χ0v) is 13.2. The third-order valence-corrected chi connectivity index (χ3v) is 4.09. The van der Waals surface area contributed by atoms with Crippen LogP contribution in [0, 0.1) is 6.92 Å². The Morgan fingerprint density at radius 2 is 1.77 bits per heavy atom. The lowest BCUT2D eigenvalue weighted by Crippen LogP contribution is -1.98. The molecule has 0 saturated heterocycles. The molecular weight excluding hydrogens is 296 g/mol. The van der Waals surface area contributed by atoms with Crippen LogP contribution in [-0.2, 0) is 5.75 Å². The highest BCUT2D eigenvalue weighted by Crippen LogP contribution is 2.20. The van der Waals surface area contributed by atoms with Gasteiger partial charge in [0.15, 0.2) is 0 Å². The fraction of sp³-hybridized carbons (Fsp3) is 0.188. The summed E-state index contributed by atoms with van der Waals surface area (Å²) < 4.78 is 5.15. The first kappa shape index (κ1) is 14.6. The van der Waals surface area contributed by atoms with Crippen molar-refractivity contribution in [2.45, 2.75) is 17.8 Å². The third kappa shape index (κ3) is 3.46. The largest absolute Gasteiger partial charge is 0.497 e. The molecule has 5 nitrogen and oxygen atoms in total. The third-order valence-electron chi connectivity index (χ3n) is 3.19. The van der Waals surface area contributed by atoms with Crippen molar-refractivity contribution in [1.82, 2.24) is 20.2 Å². The van der Waals surface area contributed by atoms with Crippen molar-refractivity contribution in [1.29, 1.82) is 0 Å². The number of nitrogens with zero attached hydrogens (tertiary/aromatic N) is 4. The highest BCUT2D eigenvalue weighted by molar-refractivity contribution is 7.98. The molecule has 0 amide bonds. The standard InChI is InChI=1S/C16H16N4OS/c1-12-3-7-14(8-4-12)20-18-16(17-19-20)22-11-13-5-9-15(21-2)10-6-13/h3-10H,11H2,1-2H3. The van der Waals surface area contributed by atoms with Gasteiger partial charge < -0.3 is 4.74 Å². The van der Waals surface area contributed by atoms with Crippen LogP contribution in [0.5, 0.6) is 5.75 Å². The summed E-state index contributed by atoms with van der Waals surface area (Å²) in [5.74, 6) is 1.65. The molecule has 0 aliphatic heterocycles. The predicted octanol–water partition coefficient (Wildman–Crippen LogP) is 3.27. The second-order valence-electron chi connectivity index (χ2n) is 4.83. The summed E-state index contributed by atoms with van der Waals surface area (Å²) in [7, 11) is 1.66. The van der Waals surface area contributed by atoms with E-state index in [1.807, 2.05) is 48.5 Å². The molecule has 0 fully saturated rings. The van der Waals surface area contributed by atoms with Crippen molar-refractivity contribution >= 4 is 11.8 Å². The van der Waals surface area contributed by atoms with Crippen LogP contribution in [0.3, 0.4) is 0 Å². The first-order valence-electron chi connectivity index (χ1n) is 6.87. The van der Waals surface area contributed by atoms with E-state index in [4.69, 9.17) is 4.74 Å². The van der Waals surface area contributed by atoms with E-state index in [1.54, 1.807) is 23.7 Å². The van der Waals surface area contributed by atoms with Gasteiger partial charge in [-0.05, 0) is 42.0 Å². The minimum absolute atomic E-state index is 0.663. The van der Waals surface area contributed by atoms with E-state index in [2.05, 4.69) is 22.3 Å². The Morgan fingerprint density at radius 3 is 2.45 bits per heavy atom. The van der Waals surface area contributed by atoms with Gasteiger partial charge in [-0.3, -0.25) is 0 Å². The van der Waals surface area contributed by atoms with E-state index in [0.29, 0.717) is 5.16 Å². The van der Waals surface area contributed by atoms with E-state index in [-0.39, 0.29) is 0 Å². The number of methoxy groups -OCH3 is 1. The fourth-order valence-electron chi connectivity index (χ4n) is 1.92. The molecule has 3 aromatic rings. The topological polar surface area (TPSA) is 52.8 Å². The average Bonchev–Trinajstić information content (AvgIpc) is 3.03. The lowest BCUT2D eigenvalue weighted by molar-refractivity contribution is 0.414. The first-order chi connectivity index (χ1) is 10.7. The van der Waals surface area contributed by atoms with E-state index >= 15 is 0 Å². The Kier molecular flexibility index (Phi) is 4.39. The average molecular weight is 312 g/mol. The van der Waals surface area contributed by atoms with Crippen LogP contribution in [0.1, 0.15) is 11.1 Å². The van der Waals surface area contributed by atoms with E-state index in [9.17, 15) is 0 Å². The van der Waals surface area contributed by atoms with Crippen molar-refractivity contribution in [3.63, 3.8) is 0 Å². The number of tetrazole rings is 1. The van der Waals surface area contributed by atoms with Crippen LogP contribution < -0.4 is 4.74 Å². The Balaban J connectivity index is 1.65. The molecule has 0 radical (unpaired) electrons. The maximum Gasteiger partial charge on any atom is 0.231 e. The van der Waals surface area contributed by atoms with Gasteiger partial charge >= 0.3 is 0 Å². The molecule has 22 heavy (non-hydrogen) atoms. The highest BCUT2D eigenvalue weighted by atomic mass is 32.2. The number of hydrogen-bond acceptors (Lipinski definition) is 5. The lowest BCUT2D eigenvalue weighted by atomic mass is 10.2. The van der Waals surface area contributed by atoms with Crippen molar-refractivity contribution < 1.29 is 4.74 Å². The first-order valence-corrected chi connectivity index (χ1v) is 7.86. The minimum atomic E-state index is 0.663. The number of aryl methyl sites for hydroxylation is 1. The van der Waals surface area contributed by atoms with Crippen LogP contribution in [-0.4, -0.2) is 27.3 Å². The molecule has 1 aromatic heterocycles. The van der Waals surface area contributed by atoms with Gasteiger partial charge in [0.25, 0.3) is 0 Å². The summed E-state index contributed by atoms with van der Waals surface area (Å²) in [6.07, 6.45) is 0. The van der Waals surface area contributed by atoms with Crippen molar-refractivity contribution in [2.75, 3.05) is 7.11 Å². The Hall–Kier alpha value is -2.34. The van der Waals surface area contributed by atoms with E-state index < -0.39 is 0 Å². The molecule has 0 spiro atoms. The van der Waals surface area contributed by atoms with Crippen LogP contribution in [0.2, 0.25) is 0 Å². The number of benzene rings is 2. The summed E-state index contributed by atoms with van der Waals surface area (Å²) in [5.41, 5.74) is 3.31. The smallest absolute Gasteiger partial charge is 0.231 e. The maximum atomic E-state index is 5.15. The molecular formula is C16H16N4OS. The van der Waals surface area contributed by atoms with Gasteiger partial charge in [0.1, 0.15) is 5.75 Å². The summed E-state index contributed by atoms with van der Waals surface area (Å²) in [5, 5.41) is 13.2. The highest BCUT2D eigenvalue weighted by Gasteiger charge is 2.06. The number of thioether (sulfide) groups is 1. The molecule has 2 aromatic carbocycles. The van der Waals surface area contributed by atoms with Crippen LogP contribution in [0.4, 0.5) is 0 Å². The zero-order chi connectivity index (χ0) is 15.4. The molecule has 0 bridgehead atoms. The van der Waals surface area contributed by atoms with E-state index in [0.717, 1.165) is 17.2 Å². The number of ether oxygens (including phenoxy) is 1. The molecule has 0 atom stereocenters. The Labute approximate surface area is 133 Å². The molecule has 112 valence electrons. The second-order valence-corrected chi connectivity index (χ2v) is 5.78. The second kappa shape index (κ2) is 6.62. The quantitative estimate of drug-likeness (QED) is 0.677. The summed E-state index contributed by atoms with van der Waals surface area (Å²) in [6, 6.07) is 16.0. The monoisotopic (exact) mass is 312 g/mol. The molecule has 6 heteroatoms. The number of rotatable bonds is 5. The normalized spacial score (nSPS) is 10.6. The van der Waals surface area contributed by atoms with Crippen molar-refractivity contribution in [3.05, 3.63) is 59.7 Å². The molecule has 0 unspecified atom stereocenters. The summed E-state index contributed by atoms with van der Waals surface area (Å²) in [4.78, 5) is 1.55. The molecule has 1 heterocycles. The van der Waals surface area contributed by atoms with Gasteiger partial charge in [0, 0.05) is 5.75 Å². The molecule has 3 rings (SSSR count).